The molecule has 0 saturated carbocycles. The van der Waals surface area contributed by atoms with Gasteiger partial charge in [0.1, 0.15) is 6.54 Å². The molecule has 2 N–H and O–H groups in total. The molecule has 8 heteroatoms. The van der Waals surface area contributed by atoms with Crippen LogP contribution in [0.15, 0.2) is 58.1 Å². The number of benzene rings is 2. The molecule has 0 saturated heterocycles. The summed E-state index contributed by atoms with van der Waals surface area (Å²) in [5.74, 6) is -0.432. The van der Waals surface area contributed by atoms with Gasteiger partial charge in [-0.05, 0) is 43.2 Å². The van der Waals surface area contributed by atoms with Crippen LogP contribution in [0, 0.1) is 0 Å². The fourth-order valence-corrected chi connectivity index (χ4v) is 3.30. The lowest BCUT2D eigenvalue weighted by molar-refractivity contribution is -0.122. The average Bonchev–Trinajstić information content (AvgIpc) is 2.77. The van der Waals surface area contributed by atoms with Gasteiger partial charge in [0.25, 0.3) is 5.56 Å². The number of amides is 2. The summed E-state index contributed by atoms with van der Waals surface area (Å²) in [6, 6.07) is 13.4. The lowest BCUT2D eigenvalue weighted by Crippen LogP contribution is -2.43. The lowest BCUT2D eigenvalue weighted by Gasteiger charge is -2.16. The van der Waals surface area contributed by atoms with Crippen molar-refractivity contribution >= 4 is 22.7 Å². The van der Waals surface area contributed by atoms with E-state index in [1.54, 1.807) is 55.6 Å². The fourth-order valence-electron chi connectivity index (χ4n) is 3.30. The van der Waals surface area contributed by atoms with Crippen molar-refractivity contribution in [1.29, 1.82) is 0 Å². The zero-order valence-corrected chi connectivity index (χ0v) is 17.8. The predicted molar refractivity (Wildman–Crippen MR) is 119 cm³/mol. The molecule has 1 heterocycles. The number of aromatic nitrogens is 2. The Morgan fingerprint density at radius 2 is 1.68 bits per heavy atom. The molecule has 0 radical (unpaired) electrons. The molecule has 3 aromatic rings. The second-order valence-electron chi connectivity index (χ2n) is 7.42. The van der Waals surface area contributed by atoms with Crippen LogP contribution in [0.5, 0.6) is 0 Å². The van der Waals surface area contributed by atoms with E-state index in [0.717, 1.165) is 16.6 Å². The number of rotatable bonds is 7. The molecule has 1 aromatic heterocycles. The molecule has 3 rings (SSSR count). The summed E-state index contributed by atoms with van der Waals surface area (Å²) in [5, 5.41) is 5.75. The minimum absolute atomic E-state index is 0.0202. The van der Waals surface area contributed by atoms with E-state index < -0.39 is 11.2 Å². The first-order chi connectivity index (χ1) is 14.8. The summed E-state index contributed by atoms with van der Waals surface area (Å²) in [4.78, 5) is 50.5. The summed E-state index contributed by atoms with van der Waals surface area (Å²) < 4.78 is 2.37. The number of nitrogens with zero attached hydrogens (tertiary/aromatic N) is 2. The maximum absolute atomic E-state index is 13.3. The fraction of sp³-hybridized carbons (Fsp3) is 0.304. The number of hydrogen-bond acceptors (Lipinski definition) is 4. The van der Waals surface area contributed by atoms with Gasteiger partial charge in [-0.3, -0.25) is 19.0 Å². The molecule has 0 aliphatic carbocycles. The lowest BCUT2D eigenvalue weighted by atomic mass is 10.1. The molecule has 0 aliphatic rings. The summed E-state index contributed by atoms with van der Waals surface area (Å²) >= 11 is 0. The quantitative estimate of drug-likeness (QED) is 0.600. The van der Waals surface area contributed by atoms with E-state index in [-0.39, 0.29) is 30.8 Å². The van der Waals surface area contributed by atoms with Crippen molar-refractivity contribution in [2.75, 3.05) is 7.05 Å². The SMILES string of the molecule is CCC(C)NC(=O)Cn1c(=O)n(-c2ccc(CC(=O)NC)cc2)c(=O)c2ccccc21. The molecule has 31 heavy (non-hydrogen) atoms. The predicted octanol–water partition coefficient (Wildman–Crippen LogP) is 1.36. The van der Waals surface area contributed by atoms with Crippen LogP contribution in [0.2, 0.25) is 0 Å². The first-order valence-corrected chi connectivity index (χ1v) is 10.2. The molecule has 0 bridgehead atoms. The number of carbonyl (C=O) groups is 2. The Balaban J connectivity index is 2.10. The largest absolute Gasteiger partial charge is 0.359 e. The van der Waals surface area contributed by atoms with Crippen LogP contribution in [0.3, 0.4) is 0 Å². The Bertz CT molecular complexity index is 1230. The summed E-state index contributed by atoms with van der Waals surface area (Å²) in [5.41, 5.74) is 0.479. The number of para-hydroxylation sites is 1. The Labute approximate surface area is 179 Å². The van der Waals surface area contributed by atoms with Crippen LogP contribution in [0.4, 0.5) is 0 Å². The molecule has 1 unspecified atom stereocenters. The molecular formula is C23H26N4O4. The van der Waals surface area contributed by atoms with E-state index in [4.69, 9.17) is 0 Å². The topological polar surface area (TPSA) is 102 Å². The second-order valence-corrected chi connectivity index (χ2v) is 7.42. The summed E-state index contributed by atoms with van der Waals surface area (Å²) in [6.45, 7) is 3.65. The molecule has 8 nitrogen and oxygen atoms in total. The van der Waals surface area contributed by atoms with E-state index in [1.165, 1.54) is 4.57 Å². The number of likely N-dealkylation sites (N-methyl/N-ethyl adjacent to an activating group) is 1. The summed E-state index contributed by atoms with van der Waals surface area (Å²) in [6.07, 6.45) is 0.965. The number of nitrogens with one attached hydrogen (secondary N) is 2. The molecule has 2 amide bonds. The van der Waals surface area contributed by atoms with Gasteiger partial charge >= 0.3 is 5.69 Å². The monoisotopic (exact) mass is 422 g/mol. The van der Waals surface area contributed by atoms with Gasteiger partial charge in [-0.25, -0.2) is 9.36 Å². The first kappa shape index (κ1) is 22.0. The number of hydrogen-bond donors (Lipinski definition) is 2. The van der Waals surface area contributed by atoms with Crippen molar-refractivity contribution in [2.45, 2.75) is 39.3 Å². The zero-order valence-electron chi connectivity index (χ0n) is 17.8. The Kier molecular flexibility index (Phi) is 6.69. The third kappa shape index (κ3) is 4.74. The highest BCUT2D eigenvalue weighted by Gasteiger charge is 2.17. The van der Waals surface area contributed by atoms with E-state index in [0.29, 0.717) is 16.6 Å². The Morgan fingerprint density at radius 1 is 1.00 bits per heavy atom. The first-order valence-electron chi connectivity index (χ1n) is 10.2. The Hall–Kier alpha value is -3.68. The van der Waals surface area contributed by atoms with Gasteiger partial charge < -0.3 is 10.6 Å². The van der Waals surface area contributed by atoms with Crippen LogP contribution in [-0.4, -0.2) is 34.0 Å². The van der Waals surface area contributed by atoms with Crippen molar-refractivity contribution in [1.82, 2.24) is 19.8 Å². The molecule has 0 spiro atoms. The van der Waals surface area contributed by atoms with Crippen LogP contribution in [0.25, 0.3) is 16.6 Å². The van der Waals surface area contributed by atoms with Crippen molar-refractivity contribution in [3.8, 4) is 5.69 Å². The van der Waals surface area contributed by atoms with Gasteiger partial charge in [0.15, 0.2) is 0 Å². The molecule has 0 fully saturated rings. The van der Waals surface area contributed by atoms with Gasteiger partial charge in [0, 0.05) is 13.1 Å². The van der Waals surface area contributed by atoms with Gasteiger partial charge in [0.05, 0.1) is 23.0 Å². The zero-order chi connectivity index (χ0) is 22.5. The van der Waals surface area contributed by atoms with Crippen molar-refractivity contribution in [2.24, 2.45) is 0 Å². The van der Waals surface area contributed by atoms with Crippen molar-refractivity contribution in [3.05, 3.63) is 74.9 Å². The van der Waals surface area contributed by atoms with Crippen LogP contribution < -0.4 is 21.9 Å². The van der Waals surface area contributed by atoms with Crippen LogP contribution in [0.1, 0.15) is 25.8 Å². The molecular weight excluding hydrogens is 396 g/mol. The normalized spacial score (nSPS) is 11.8. The maximum Gasteiger partial charge on any atom is 0.336 e. The number of fused-ring (bicyclic) bond motifs is 1. The molecule has 2 aromatic carbocycles. The minimum Gasteiger partial charge on any atom is -0.359 e. The second kappa shape index (κ2) is 9.42. The minimum atomic E-state index is -0.595. The van der Waals surface area contributed by atoms with Gasteiger partial charge in [0.2, 0.25) is 11.8 Å². The molecule has 0 aliphatic heterocycles. The smallest absolute Gasteiger partial charge is 0.336 e. The van der Waals surface area contributed by atoms with E-state index in [9.17, 15) is 19.2 Å². The van der Waals surface area contributed by atoms with E-state index >= 15 is 0 Å². The molecule has 162 valence electrons. The van der Waals surface area contributed by atoms with Gasteiger partial charge in [-0.1, -0.05) is 31.2 Å². The third-order valence-corrected chi connectivity index (χ3v) is 5.21. The maximum atomic E-state index is 13.3. The number of carbonyl (C=O) groups excluding carboxylic acids is 2. The average molecular weight is 422 g/mol. The van der Waals surface area contributed by atoms with E-state index in [2.05, 4.69) is 10.6 Å². The van der Waals surface area contributed by atoms with Gasteiger partial charge in [-0.15, -0.1) is 0 Å². The summed E-state index contributed by atoms with van der Waals surface area (Å²) in [7, 11) is 1.56. The standard InChI is InChI=1S/C23H26N4O4/c1-4-15(2)25-21(29)14-26-19-8-6-5-7-18(19)22(30)27(23(26)31)17-11-9-16(10-12-17)13-20(28)24-3/h5-12,15H,4,13-14H2,1-3H3,(H,24,28)(H,25,29). The highest BCUT2D eigenvalue weighted by Crippen LogP contribution is 2.12. The van der Waals surface area contributed by atoms with E-state index in [1.807, 2.05) is 13.8 Å². The van der Waals surface area contributed by atoms with Crippen molar-refractivity contribution < 1.29 is 9.59 Å². The highest BCUT2D eigenvalue weighted by atomic mass is 16.2. The van der Waals surface area contributed by atoms with Crippen molar-refractivity contribution in [3.63, 3.8) is 0 Å². The molecule has 1 atom stereocenters. The Morgan fingerprint density at radius 3 is 2.32 bits per heavy atom. The van der Waals surface area contributed by atoms with Gasteiger partial charge in [-0.2, -0.15) is 0 Å². The third-order valence-electron chi connectivity index (χ3n) is 5.21. The highest BCUT2D eigenvalue weighted by molar-refractivity contribution is 5.82. The van der Waals surface area contributed by atoms with Crippen LogP contribution in [-0.2, 0) is 22.6 Å². The van der Waals surface area contributed by atoms with Crippen LogP contribution >= 0.6 is 0 Å².